The molecule has 1 aliphatic carbocycles. The molecule has 4 rings (SSSR count). The van der Waals surface area contributed by atoms with Gasteiger partial charge in [0.1, 0.15) is 5.82 Å². The van der Waals surface area contributed by atoms with Crippen LogP contribution in [0.25, 0.3) is 16.8 Å². The molecular formula is C14H18N6. The minimum atomic E-state index is 0.147. The quantitative estimate of drug-likeness (QED) is 0.706. The molecule has 0 spiro atoms. The predicted octanol–water partition coefficient (Wildman–Crippen LogP) is 1.84. The summed E-state index contributed by atoms with van der Waals surface area (Å²) < 4.78 is 2.11. The summed E-state index contributed by atoms with van der Waals surface area (Å²) in [5.41, 5.74) is 9.00. The van der Waals surface area contributed by atoms with Crippen molar-refractivity contribution in [3.8, 4) is 0 Å². The van der Waals surface area contributed by atoms with E-state index in [-0.39, 0.29) is 11.5 Å². The van der Waals surface area contributed by atoms with Gasteiger partial charge >= 0.3 is 0 Å². The average Bonchev–Trinajstić information content (AvgIpc) is 3.04. The van der Waals surface area contributed by atoms with Gasteiger partial charge in [-0.25, -0.2) is 4.98 Å². The highest BCUT2D eigenvalue weighted by Crippen LogP contribution is 2.47. The van der Waals surface area contributed by atoms with Gasteiger partial charge in [0.05, 0.1) is 11.7 Å². The van der Waals surface area contributed by atoms with Gasteiger partial charge in [-0.3, -0.25) is 4.40 Å². The predicted molar refractivity (Wildman–Crippen MR) is 76.4 cm³/mol. The van der Waals surface area contributed by atoms with Crippen LogP contribution in [0.3, 0.4) is 0 Å². The molecule has 0 saturated heterocycles. The fraction of sp³-hybridized carbons (Fsp3) is 0.500. The van der Waals surface area contributed by atoms with Crippen LogP contribution in [0, 0.1) is 5.41 Å². The molecule has 0 aliphatic heterocycles. The molecule has 3 N–H and O–H groups in total. The molecule has 3 aromatic heterocycles. The zero-order chi connectivity index (χ0) is 13.9. The normalized spacial score (nSPS) is 25.8. The first-order valence-corrected chi connectivity index (χ1v) is 6.99. The van der Waals surface area contributed by atoms with E-state index in [0.717, 1.165) is 35.5 Å². The van der Waals surface area contributed by atoms with E-state index < -0.39 is 0 Å². The third kappa shape index (κ3) is 1.51. The molecule has 0 radical (unpaired) electrons. The molecule has 20 heavy (non-hydrogen) atoms. The SMILES string of the molecule is CC1(C)C[C@@H](N)C[C@H]1c1nnc2cnc3[nH]ccc3n12. The smallest absolute Gasteiger partial charge is 0.179 e. The summed E-state index contributed by atoms with van der Waals surface area (Å²) in [6.07, 6.45) is 5.64. The summed E-state index contributed by atoms with van der Waals surface area (Å²) in [5.74, 6) is 1.33. The third-order valence-corrected chi connectivity index (χ3v) is 4.55. The summed E-state index contributed by atoms with van der Waals surface area (Å²) in [7, 11) is 0. The Labute approximate surface area is 116 Å². The standard InChI is InChI=1S/C14H18N6/c1-14(2)6-8(15)5-9(14)13-19-18-11-7-17-12-10(20(11)13)3-4-16-12/h3-4,7-9,16H,5-6,15H2,1-2H3/t8-,9-/m0/s1. The lowest BCUT2D eigenvalue weighted by molar-refractivity contribution is 0.319. The highest BCUT2D eigenvalue weighted by molar-refractivity contribution is 5.74. The molecule has 0 unspecified atom stereocenters. The minimum absolute atomic E-state index is 0.147. The van der Waals surface area contributed by atoms with Crippen LogP contribution >= 0.6 is 0 Å². The number of hydrogen-bond acceptors (Lipinski definition) is 4. The zero-order valence-corrected chi connectivity index (χ0v) is 11.7. The Bertz CT molecular complexity index is 783. The van der Waals surface area contributed by atoms with Crippen molar-refractivity contribution < 1.29 is 0 Å². The Morgan fingerprint density at radius 2 is 2.25 bits per heavy atom. The van der Waals surface area contributed by atoms with Crippen LogP contribution in [0.2, 0.25) is 0 Å². The molecular weight excluding hydrogens is 252 g/mol. The Morgan fingerprint density at radius 1 is 1.40 bits per heavy atom. The van der Waals surface area contributed by atoms with E-state index in [1.54, 1.807) is 6.20 Å². The Hall–Kier alpha value is -1.95. The molecule has 1 saturated carbocycles. The number of aromatic nitrogens is 5. The molecule has 0 aromatic carbocycles. The topological polar surface area (TPSA) is 84.9 Å². The maximum Gasteiger partial charge on any atom is 0.179 e. The fourth-order valence-electron chi connectivity index (χ4n) is 3.60. The maximum absolute atomic E-state index is 6.17. The number of fused-ring (bicyclic) bond motifs is 3. The van der Waals surface area contributed by atoms with Crippen LogP contribution in [0.1, 0.15) is 38.4 Å². The lowest BCUT2D eigenvalue weighted by Gasteiger charge is -2.25. The maximum atomic E-state index is 6.17. The lowest BCUT2D eigenvalue weighted by Crippen LogP contribution is -2.19. The third-order valence-electron chi connectivity index (χ3n) is 4.55. The largest absolute Gasteiger partial charge is 0.345 e. The highest BCUT2D eigenvalue weighted by atomic mass is 15.3. The summed E-state index contributed by atoms with van der Waals surface area (Å²) in [6, 6.07) is 2.26. The molecule has 104 valence electrons. The first kappa shape index (κ1) is 11.8. The van der Waals surface area contributed by atoms with E-state index >= 15 is 0 Å². The van der Waals surface area contributed by atoms with Gasteiger partial charge in [-0.05, 0) is 24.3 Å². The van der Waals surface area contributed by atoms with Crippen molar-refractivity contribution >= 4 is 16.8 Å². The first-order chi connectivity index (χ1) is 9.56. The van der Waals surface area contributed by atoms with Gasteiger partial charge in [-0.1, -0.05) is 13.8 Å². The van der Waals surface area contributed by atoms with Crippen LogP contribution in [0.5, 0.6) is 0 Å². The van der Waals surface area contributed by atoms with Gasteiger partial charge in [0.25, 0.3) is 0 Å². The zero-order valence-electron chi connectivity index (χ0n) is 11.7. The number of nitrogens with zero attached hydrogens (tertiary/aromatic N) is 4. The summed E-state index contributed by atoms with van der Waals surface area (Å²) in [5, 5.41) is 8.72. The second-order valence-corrected chi connectivity index (χ2v) is 6.46. The molecule has 0 bridgehead atoms. The van der Waals surface area contributed by atoms with Gasteiger partial charge in [-0.2, -0.15) is 0 Å². The van der Waals surface area contributed by atoms with Crippen LogP contribution in [0.15, 0.2) is 18.5 Å². The summed E-state index contributed by atoms with van der Waals surface area (Å²) in [4.78, 5) is 7.49. The van der Waals surface area contributed by atoms with Crippen molar-refractivity contribution in [2.24, 2.45) is 11.1 Å². The highest BCUT2D eigenvalue weighted by Gasteiger charge is 2.42. The van der Waals surface area contributed by atoms with Crippen LogP contribution in [0.4, 0.5) is 0 Å². The molecule has 1 aliphatic rings. The molecule has 3 aromatic rings. The van der Waals surface area contributed by atoms with Crippen molar-refractivity contribution in [1.82, 2.24) is 24.6 Å². The average molecular weight is 270 g/mol. The molecule has 0 amide bonds. The van der Waals surface area contributed by atoms with Crippen LogP contribution in [-0.2, 0) is 0 Å². The Kier molecular flexibility index (Phi) is 2.24. The van der Waals surface area contributed by atoms with E-state index in [1.807, 2.05) is 12.3 Å². The van der Waals surface area contributed by atoms with Crippen LogP contribution in [-0.4, -0.2) is 30.6 Å². The molecule has 6 heteroatoms. The number of nitrogens with two attached hydrogens (primary N) is 1. The number of hydrogen-bond donors (Lipinski definition) is 2. The van der Waals surface area contributed by atoms with Crippen LogP contribution < -0.4 is 5.73 Å². The number of rotatable bonds is 1. The van der Waals surface area contributed by atoms with E-state index in [9.17, 15) is 0 Å². The number of nitrogens with one attached hydrogen (secondary N) is 1. The molecule has 6 nitrogen and oxygen atoms in total. The van der Waals surface area contributed by atoms with Gasteiger partial charge in [0, 0.05) is 18.2 Å². The number of H-pyrrole nitrogens is 1. The van der Waals surface area contributed by atoms with E-state index in [0.29, 0.717) is 5.92 Å². The summed E-state index contributed by atoms with van der Waals surface area (Å²) >= 11 is 0. The van der Waals surface area contributed by atoms with Crippen molar-refractivity contribution in [1.29, 1.82) is 0 Å². The Morgan fingerprint density at radius 3 is 3.00 bits per heavy atom. The second-order valence-electron chi connectivity index (χ2n) is 6.46. The van der Waals surface area contributed by atoms with Crippen molar-refractivity contribution in [3.63, 3.8) is 0 Å². The summed E-state index contributed by atoms with van der Waals surface area (Å²) in [6.45, 7) is 4.53. The molecule has 2 atom stereocenters. The van der Waals surface area contributed by atoms with Crippen molar-refractivity contribution in [2.75, 3.05) is 0 Å². The van der Waals surface area contributed by atoms with E-state index in [2.05, 4.69) is 38.4 Å². The van der Waals surface area contributed by atoms with E-state index in [4.69, 9.17) is 5.73 Å². The first-order valence-electron chi connectivity index (χ1n) is 6.99. The molecule has 3 heterocycles. The van der Waals surface area contributed by atoms with Gasteiger partial charge in [0.2, 0.25) is 0 Å². The molecule has 1 fully saturated rings. The van der Waals surface area contributed by atoms with Gasteiger partial charge in [-0.15, -0.1) is 10.2 Å². The second kappa shape index (κ2) is 3.79. The monoisotopic (exact) mass is 270 g/mol. The van der Waals surface area contributed by atoms with Crippen molar-refractivity contribution in [2.45, 2.75) is 38.6 Å². The van der Waals surface area contributed by atoms with Gasteiger partial charge < -0.3 is 10.7 Å². The fourth-order valence-corrected chi connectivity index (χ4v) is 3.60. The lowest BCUT2D eigenvalue weighted by atomic mass is 9.81. The number of aromatic amines is 1. The van der Waals surface area contributed by atoms with Gasteiger partial charge in [0.15, 0.2) is 11.3 Å². The minimum Gasteiger partial charge on any atom is -0.345 e. The Balaban J connectivity index is 1.98. The van der Waals surface area contributed by atoms with Crippen molar-refractivity contribution in [3.05, 3.63) is 24.3 Å². The van der Waals surface area contributed by atoms with E-state index in [1.165, 1.54) is 0 Å².